The van der Waals surface area contributed by atoms with E-state index in [1.165, 1.54) is 30.6 Å². The zero-order valence-electron chi connectivity index (χ0n) is 10.3. The molecule has 2 N–H and O–H groups in total. The lowest BCUT2D eigenvalue weighted by Crippen LogP contribution is -2.28. The third-order valence-electron chi connectivity index (χ3n) is 2.51. The lowest BCUT2D eigenvalue weighted by atomic mass is 10.2. The molecule has 1 rings (SSSR count). The summed E-state index contributed by atoms with van der Waals surface area (Å²) in [7, 11) is 0. The highest BCUT2D eigenvalue weighted by Gasteiger charge is 1.93. The average molecular weight is 240 g/mol. The molecule has 0 aliphatic carbocycles. The standard InChI is InChI=1S/C13H24N2S/c1-2-8-14-10-11-15-9-4-3-6-13-7-5-12-16-13/h5,7,12,14-15H,2-4,6,8-11H2,1H3. The molecule has 2 nitrogen and oxygen atoms in total. The van der Waals surface area contributed by atoms with E-state index < -0.39 is 0 Å². The normalized spacial score (nSPS) is 10.8. The van der Waals surface area contributed by atoms with Gasteiger partial charge in [0, 0.05) is 18.0 Å². The van der Waals surface area contributed by atoms with Gasteiger partial charge in [0.15, 0.2) is 0 Å². The quantitative estimate of drug-likeness (QED) is 0.614. The van der Waals surface area contributed by atoms with Crippen molar-refractivity contribution in [3.63, 3.8) is 0 Å². The largest absolute Gasteiger partial charge is 0.315 e. The molecule has 92 valence electrons. The summed E-state index contributed by atoms with van der Waals surface area (Å²) in [6.45, 7) is 6.68. The van der Waals surface area contributed by atoms with Gasteiger partial charge in [0.2, 0.25) is 0 Å². The number of thiophene rings is 1. The Morgan fingerprint density at radius 1 is 1.06 bits per heavy atom. The van der Waals surface area contributed by atoms with E-state index in [4.69, 9.17) is 0 Å². The van der Waals surface area contributed by atoms with Crippen LogP contribution in [0, 0.1) is 0 Å². The van der Waals surface area contributed by atoms with Crippen molar-refractivity contribution in [1.29, 1.82) is 0 Å². The summed E-state index contributed by atoms with van der Waals surface area (Å²) in [5.41, 5.74) is 0. The highest BCUT2D eigenvalue weighted by atomic mass is 32.1. The van der Waals surface area contributed by atoms with Crippen LogP contribution in [-0.2, 0) is 6.42 Å². The van der Waals surface area contributed by atoms with Crippen LogP contribution in [0.3, 0.4) is 0 Å². The van der Waals surface area contributed by atoms with Gasteiger partial charge >= 0.3 is 0 Å². The molecule has 0 fully saturated rings. The maximum Gasteiger partial charge on any atom is 0.00767 e. The molecule has 1 aromatic rings. The van der Waals surface area contributed by atoms with E-state index in [1.54, 1.807) is 0 Å². The zero-order chi connectivity index (χ0) is 11.5. The molecule has 1 heterocycles. The maximum atomic E-state index is 3.47. The van der Waals surface area contributed by atoms with Crippen LogP contribution in [0.25, 0.3) is 0 Å². The van der Waals surface area contributed by atoms with Gasteiger partial charge in [-0.2, -0.15) is 0 Å². The van der Waals surface area contributed by atoms with E-state index in [2.05, 4.69) is 35.1 Å². The predicted octanol–water partition coefficient (Wildman–Crippen LogP) is 2.66. The van der Waals surface area contributed by atoms with Crippen molar-refractivity contribution < 1.29 is 0 Å². The molecule has 0 amide bonds. The first-order chi connectivity index (χ1) is 7.93. The molecule has 0 aliphatic rings. The van der Waals surface area contributed by atoms with Crippen molar-refractivity contribution in [1.82, 2.24) is 10.6 Å². The number of aryl methyl sites for hydroxylation is 1. The summed E-state index contributed by atoms with van der Waals surface area (Å²) in [6, 6.07) is 4.37. The Bertz CT molecular complexity index is 234. The molecule has 1 aromatic heterocycles. The minimum Gasteiger partial charge on any atom is -0.315 e. The fraction of sp³-hybridized carbons (Fsp3) is 0.692. The van der Waals surface area contributed by atoms with Crippen LogP contribution in [-0.4, -0.2) is 26.2 Å². The summed E-state index contributed by atoms with van der Waals surface area (Å²) in [5.74, 6) is 0. The van der Waals surface area contributed by atoms with Gasteiger partial charge in [-0.15, -0.1) is 11.3 Å². The van der Waals surface area contributed by atoms with Gasteiger partial charge in [0.25, 0.3) is 0 Å². The highest BCUT2D eigenvalue weighted by Crippen LogP contribution is 2.11. The molecule has 0 aromatic carbocycles. The second-order valence-corrected chi connectivity index (χ2v) is 5.07. The van der Waals surface area contributed by atoms with E-state index in [1.807, 2.05) is 11.3 Å². The van der Waals surface area contributed by atoms with Crippen molar-refractivity contribution in [2.24, 2.45) is 0 Å². The van der Waals surface area contributed by atoms with Gasteiger partial charge in [-0.05, 0) is 50.2 Å². The van der Waals surface area contributed by atoms with E-state index >= 15 is 0 Å². The van der Waals surface area contributed by atoms with Crippen molar-refractivity contribution in [3.05, 3.63) is 22.4 Å². The van der Waals surface area contributed by atoms with Crippen LogP contribution in [0.1, 0.15) is 31.1 Å². The fourth-order valence-electron chi connectivity index (χ4n) is 1.61. The van der Waals surface area contributed by atoms with Gasteiger partial charge in [-0.25, -0.2) is 0 Å². The second-order valence-electron chi connectivity index (χ2n) is 4.04. The first-order valence-electron chi connectivity index (χ1n) is 6.37. The molecule has 0 aliphatic heterocycles. The lowest BCUT2D eigenvalue weighted by Gasteiger charge is -2.05. The zero-order valence-corrected chi connectivity index (χ0v) is 11.1. The Kier molecular flexibility index (Phi) is 8.40. The Morgan fingerprint density at radius 2 is 1.88 bits per heavy atom. The van der Waals surface area contributed by atoms with Crippen LogP contribution in [0.2, 0.25) is 0 Å². The van der Waals surface area contributed by atoms with E-state index in [0.29, 0.717) is 0 Å². The van der Waals surface area contributed by atoms with Crippen LogP contribution in [0.5, 0.6) is 0 Å². The lowest BCUT2D eigenvalue weighted by molar-refractivity contribution is 0.583. The SMILES string of the molecule is CCCNCCNCCCCc1cccs1. The number of rotatable bonds is 10. The third-order valence-corrected chi connectivity index (χ3v) is 3.45. The van der Waals surface area contributed by atoms with Crippen molar-refractivity contribution in [2.75, 3.05) is 26.2 Å². The van der Waals surface area contributed by atoms with Crippen LogP contribution in [0.4, 0.5) is 0 Å². The molecule has 0 saturated heterocycles. The first-order valence-corrected chi connectivity index (χ1v) is 7.25. The Balaban J connectivity index is 1.78. The van der Waals surface area contributed by atoms with Gasteiger partial charge in [-0.1, -0.05) is 13.0 Å². The summed E-state index contributed by atoms with van der Waals surface area (Å²) >= 11 is 1.87. The molecule has 16 heavy (non-hydrogen) atoms. The molecule has 3 heteroatoms. The van der Waals surface area contributed by atoms with Gasteiger partial charge < -0.3 is 10.6 Å². The second kappa shape index (κ2) is 9.82. The third kappa shape index (κ3) is 6.99. The molecular weight excluding hydrogens is 216 g/mol. The van der Waals surface area contributed by atoms with Gasteiger partial charge in [0.1, 0.15) is 0 Å². The minimum absolute atomic E-state index is 1.10. The minimum atomic E-state index is 1.10. The molecular formula is C13H24N2S. The molecule has 0 saturated carbocycles. The number of unbranched alkanes of at least 4 members (excludes halogenated alkanes) is 1. The molecule has 0 bridgehead atoms. The van der Waals surface area contributed by atoms with Crippen molar-refractivity contribution in [3.8, 4) is 0 Å². The average Bonchev–Trinajstić information content (AvgIpc) is 2.80. The Hall–Kier alpha value is -0.380. The van der Waals surface area contributed by atoms with Crippen LogP contribution >= 0.6 is 11.3 Å². The smallest absolute Gasteiger partial charge is 0.00767 e. The Morgan fingerprint density at radius 3 is 2.56 bits per heavy atom. The van der Waals surface area contributed by atoms with E-state index in [9.17, 15) is 0 Å². The van der Waals surface area contributed by atoms with Crippen molar-refractivity contribution >= 4 is 11.3 Å². The topological polar surface area (TPSA) is 24.1 Å². The molecule has 0 atom stereocenters. The number of hydrogen-bond donors (Lipinski definition) is 2. The molecule has 0 spiro atoms. The van der Waals surface area contributed by atoms with Crippen molar-refractivity contribution in [2.45, 2.75) is 32.6 Å². The predicted molar refractivity (Wildman–Crippen MR) is 73.3 cm³/mol. The van der Waals surface area contributed by atoms with Gasteiger partial charge in [-0.3, -0.25) is 0 Å². The number of hydrogen-bond acceptors (Lipinski definition) is 3. The first kappa shape index (κ1) is 13.7. The summed E-state index contributed by atoms with van der Waals surface area (Å²) < 4.78 is 0. The van der Waals surface area contributed by atoms with E-state index in [-0.39, 0.29) is 0 Å². The number of nitrogens with one attached hydrogen (secondary N) is 2. The summed E-state index contributed by atoms with van der Waals surface area (Å²) in [6.07, 6.45) is 5.05. The maximum absolute atomic E-state index is 3.47. The monoisotopic (exact) mass is 240 g/mol. The summed E-state index contributed by atoms with van der Waals surface area (Å²) in [4.78, 5) is 1.52. The van der Waals surface area contributed by atoms with Crippen LogP contribution in [0.15, 0.2) is 17.5 Å². The molecule has 0 unspecified atom stereocenters. The van der Waals surface area contributed by atoms with Crippen LogP contribution < -0.4 is 10.6 Å². The molecule has 0 radical (unpaired) electrons. The summed E-state index contributed by atoms with van der Waals surface area (Å²) in [5, 5.41) is 9.01. The van der Waals surface area contributed by atoms with Gasteiger partial charge in [0.05, 0.1) is 0 Å². The highest BCUT2D eigenvalue weighted by molar-refractivity contribution is 7.09. The fourth-order valence-corrected chi connectivity index (χ4v) is 2.36. The van der Waals surface area contributed by atoms with E-state index in [0.717, 1.165) is 26.2 Å². The Labute approximate surface area is 103 Å².